The van der Waals surface area contributed by atoms with E-state index in [1.54, 1.807) is 0 Å². The van der Waals surface area contributed by atoms with Crippen molar-refractivity contribution >= 4 is 23.0 Å². The Morgan fingerprint density at radius 2 is 2.00 bits per heavy atom. The standard InChI is InChI=1S/C15H26ClN3/c1-4-19(5-2)10-6-7-12(3)18-15-11-13(16)8-9-14(15)17/h8-9,11-12,18H,4-7,10,17H2,1-3H3. The Bertz CT molecular complexity index is 378. The summed E-state index contributed by atoms with van der Waals surface area (Å²) >= 11 is 5.98. The Hall–Kier alpha value is -0.930. The molecule has 0 aromatic heterocycles. The van der Waals surface area contributed by atoms with Crippen molar-refractivity contribution in [2.24, 2.45) is 0 Å². The fourth-order valence-electron chi connectivity index (χ4n) is 2.15. The van der Waals surface area contributed by atoms with E-state index >= 15 is 0 Å². The summed E-state index contributed by atoms with van der Waals surface area (Å²) < 4.78 is 0. The Kier molecular flexibility index (Phi) is 7.03. The molecule has 1 atom stereocenters. The average Bonchev–Trinajstić information content (AvgIpc) is 2.39. The molecule has 3 nitrogen and oxygen atoms in total. The normalized spacial score (nSPS) is 12.7. The van der Waals surface area contributed by atoms with Gasteiger partial charge in [0.05, 0.1) is 11.4 Å². The van der Waals surface area contributed by atoms with Gasteiger partial charge in [-0.1, -0.05) is 25.4 Å². The molecular weight excluding hydrogens is 258 g/mol. The quantitative estimate of drug-likeness (QED) is 0.712. The molecule has 1 rings (SSSR count). The van der Waals surface area contributed by atoms with Crippen molar-refractivity contribution in [3.63, 3.8) is 0 Å². The van der Waals surface area contributed by atoms with Gasteiger partial charge in [-0.25, -0.2) is 0 Å². The maximum absolute atomic E-state index is 5.98. The van der Waals surface area contributed by atoms with E-state index in [0.717, 1.165) is 37.4 Å². The van der Waals surface area contributed by atoms with Crippen LogP contribution in [-0.4, -0.2) is 30.6 Å². The minimum absolute atomic E-state index is 0.399. The number of hydrogen-bond acceptors (Lipinski definition) is 3. The van der Waals surface area contributed by atoms with Crippen LogP contribution in [0.4, 0.5) is 11.4 Å². The summed E-state index contributed by atoms with van der Waals surface area (Å²) in [7, 11) is 0. The van der Waals surface area contributed by atoms with Crippen molar-refractivity contribution in [1.82, 2.24) is 4.90 Å². The topological polar surface area (TPSA) is 41.3 Å². The van der Waals surface area contributed by atoms with Crippen molar-refractivity contribution in [3.05, 3.63) is 23.2 Å². The molecule has 0 saturated heterocycles. The summed E-state index contributed by atoms with van der Waals surface area (Å²) in [6, 6.07) is 5.94. The molecule has 0 spiro atoms. The lowest BCUT2D eigenvalue weighted by molar-refractivity contribution is 0.295. The second kappa shape index (κ2) is 8.28. The second-order valence-corrected chi connectivity index (χ2v) is 5.38. The molecule has 4 heteroatoms. The van der Waals surface area contributed by atoms with Gasteiger partial charge < -0.3 is 16.0 Å². The number of hydrogen-bond donors (Lipinski definition) is 2. The number of rotatable bonds is 8. The number of nitrogens with two attached hydrogens (primary N) is 1. The van der Waals surface area contributed by atoms with Gasteiger partial charge in [0.2, 0.25) is 0 Å². The first-order chi connectivity index (χ1) is 9.06. The molecule has 0 radical (unpaired) electrons. The molecule has 19 heavy (non-hydrogen) atoms. The summed E-state index contributed by atoms with van der Waals surface area (Å²) in [5, 5.41) is 4.15. The lowest BCUT2D eigenvalue weighted by Crippen LogP contribution is -2.25. The number of benzene rings is 1. The van der Waals surface area contributed by atoms with Gasteiger partial charge in [0.1, 0.15) is 0 Å². The smallest absolute Gasteiger partial charge is 0.0590 e. The van der Waals surface area contributed by atoms with E-state index < -0.39 is 0 Å². The number of nitrogens with zero attached hydrogens (tertiary/aromatic N) is 1. The Balaban J connectivity index is 2.38. The van der Waals surface area contributed by atoms with Crippen LogP contribution in [0.1, 0.15) is 33.6 Å². The largest absolute Gasteiger partial charge is 0.397 e. The molecule has 3 N–H and O–H groups in total. The van der Waals surface area contributed by atoms with E-state index in [0.29, 0.717) is 11.1 Å². The fourth-order valence-corrected chi connectivity index (χ4v) is 2.32. The fraction of sp³-hybridized carbons (Fsp3) is 0.600. The maximum atomic E-state index is 5.98. The first-order valence-corrected chi connectivity index (χ1v) is 7.48. The van der Waals surface area contributed by atoms with Crippen molar-refractivity contribution in [2.45, 2.75) is 39.7 Å². The van der Waals surface area contributed by atoms with Crippen molar-refractivity contribution in [3.8, 4) is 0 Å². The molecule has 0 aliphatic rings. The Morgan fingerprint density at radius 3 is 2.63 bits per heavy atom. The van der Waals surface area contributed by atoms with E-state index in [1.165, 1.54) is 6.42 Å². The SMILES string of the molecule is CCN(CC)CCCC(C)Nc1cc(Cl)ccc1N. The highest BCUT2D eigenvalue weighted by atomic mass is 35.5. The van der Waals surface area contributed by atoms with Crippen molar-refractivity contribution in [2.75, 3.05) is 30.7 Å². The number of anilines is 2. The van der Waals surface area contributed by atoms with Crippen LogP contribution in [0.5, 0.6) is 0 Å². The molecule has 1 aromatic rings. The first-order valence-electron chi connectivity index (χ1n) is 7.10. The van der Waals surface area contributed by atoms with Crippen LogP contribution in [0, 0.1) is 0 Å². The van der Waals surface area contributed by atoms with E-state index in [1.807, 2.05) is 18.2 Å². The second-order valence-electron chi connectivity index (χ2n) is 4.95. The zero-order chi connectivity index (χ0) is 14.3. The van der Waals surface area contributed by atoms with Gasteiger partial charge >= 0.3 is 0 Å². The van der Waals surface area contributed by atoms with Crippen LogP contribution >= 0.6 is 11.6 Å². The average molecular weight is 284 g/mol. The van der Waals surface area contributed by atoms with Crippen LogP contribution in [0.3, 0.4) is 0 Å². The van der Waals surface area contributed by atoms with Gasteiger partial charge in [-0.2, -0.15) is 0 Å². The van der Waals surface area contributed by atoms with Crippen LogP contribution in [0.2, 0.25) is 5.02 Å². The first kappa shape index (κ1) is 16.1. The molecule has 0 bridgehead atoms. The van der Waals surface area contributed by atoms with E-state index in [2.05, 4.69) is 31.0 Å². The summed E-state index contributed by atoms with van der Waals surface area (Å²) in [4.78, 5) is 2.44. The van der Waals surface area contributed by atoms with Crippen molar-refractivity contribution < 1.29 is 0 Å². The van der Waals surface area contributed by atoms with Gasteiger partial charge in [0.15, 0.2) is 0 Å². The molecule has 0 fully saturated rings. The minimum atomic E-state index is 0.399. The molecule has 0 heterocycles. The van der Waals surface area contributed by atoms with Gasteiger partial charge in [-0.05, 0) is 57.6 Å². The number of nitrogens with one attached hydrogen (secondary N) is 1. The third-order valence-electron chi connectivity index (χ3n) is 3.42. The summed E-state index contributed by atoms with van der Waals surface area (Å²) in [6.45, 7) is 10.0. The van der Waals surface area contributed by atoms with Gasteiger partial charge in [-0.3, -0.25) is 0 Å². The van der Waals surface area contributed by atoms with Crippen LogP contribution in [-0.2, 0) is 0 Å². The van der Waals surface area contributed by atoms with E-state index in [4.69, 9.17) is 17.3 Å². The molecule has 108 valence electrons. The van der Waals surface area contributed by atoms with E-state index in [9.17, 15) is 0 Å². The van der Waals surface area contributed by atoms with Crippen LogP contribution in [0.25, 0.3) is 0 Å². The zero-order valence-electron chi connectivity index (χ0n) is 12.2. The number of halogens is 1. The maximum Gasteiger partial charge on any atom is 0.0590 e. The molecule has 0 amide bonds. The Labute approximate surface area is 122 Å². The van der Waals surface area contributed by atoms with Crippen LogP contribution in [0.15, 0.2) is 18.2 Å². The summed E-state index contributed by atoms with van der Waals surface area (Å²) in [6.07, 6.45) is 2.32. The lowest BCUT2D eigenvalue weighted by Gasteiger charge is -2.21. The number of nitrogen functional groups attached to an aromatic ring is 1. The highest BCUT2D eigenvalue weighted by Crippen LogP contribution is 2.24. The van der Waals surface area contributed by atoms with Gasteiger partial charge in [-0.15, -0.1) is 0 Å². The predicted octanol–water partition coefficient (Wildman–Crippen LogP) is 3.84. The molecule has 0 aliphatic carbocycles. The van der Waals surface area contributed by atoms with E-state index in [-0.39, 0.29) is 0 Å². The molecule has 1 unspecified atom stereocenters. The Morgan fingerprint density at radius 1 is 1.32 bits per heavy atom. The monoisotopic (exact) mass is 283 g/mol. The predicted molar refractivity (Wildman–Crippen MR) is 86.0 cm³/mol. The van der Waals surface area contributed by atoms with Gasteiger partial charge in [0, 0.05) is 11.1 Å². The summed E-state index contributed by atoms with van der Waals surface area (Å²) in [5.74, 6) is 0. The minimum Gasteiger partial charge on any atom is -0.397 e. The zero-order valence-corrected chi connectivity index (χ0v) is 13.0. The molecule has 0 aliphatic heterocycles. The summed E-state index contributed by atoms with van der Waals surface area (Å²) in [5.41, 5.74) is 7.61. The lowest BCUT2D eigenvalue weighted by atomic mass is 10.1. The third-order valence-corrected chi connectivity index (χ3v) is 3.66. The highest BCUT2D eigenvalue weighted by Gasteiger charge is 2.06. The third kappa shape index (κ3) is 5.70. The molecule has 1 aromatic carbocycles. The van der Waals surface area contributed by atoms with Crippen molar-refractivity contribution in [1.29, 1.82) is 0 Å². The van der Waals surface area contributed by atoms with Crippen LogP contribution < -0.4 is 11.1 Å². The highest BCUT2D eigenvalue weighted by molar-refractivity contribution is 6.31. The molecule has 0 saturated carbocycles. The molecular formula is C15H26ClN3. The van der Waals surface area contributed by atoms with Gasteiger partial charge in [0.25, 0.3) is 0 Å².